The zero-order chi connectivity index (χ0) is 13.3. The molecule has 1 heterocycles. The van der Waals surface area contributed by atoms with E-state index >= 15 is 0 Å². The van der Waals surface area contributed by atoms with Gasteiger partial charge in [-0.25, -0.2) is 4.79 Å². The van der Waals surface area contributed by atoms with Crippen molar-refractivity contribution in [1.29, 1.82) is 5.26 Å². The highest BCUT2D eigenvalue weighted by atomic mass is 16.5. The number of esters is 1. The van der Waals surface area contributed by atoms with Crippen LogP contribution in [-0.4, -0.2) is 32.3 Å². The number of fused-ring (bicyclic) bond motifs is 1. The second-order valence-electron chi connectivity index (χ2n) is 4.16. The Labute approximate surface area is 106 Å². The fourth-order valence-corrected chi connectivity index (χ4v) is 1.98. The topological polar surface area (TPSA) is 62.6 Å². The Balaban J connectivity index is 2.54. The SMILES string of the molecule is COC(=O)c1cccc2c1OC(C#N)C(C)N2C. The van der Waals surface area contributed by atoms with Gasteiger partial charge in [0.05, 0.1) is 18.8 Å². The van der Waals surface area contributed by atoms with E-state index in [1.165, 1.54) is 7.11 Å². The molecular formula is C13H14N2O3. The number of rotatable bonds is 1. The van der Waals surface area contributed by atoms with Crippen LogP contribution in [0.5, 0.6) is 5.75 Å². The number of ether oxygens (including phenoxy) is 2. The number of carbonyl (C=O) groups is 1. The number of benzene rings is 1. The third-order valence-electron chi connectivity index (χ3n) is 3.20. The normalized spacial score (nSPS) is 21.6. The summed E-state index contributed by atoms with van der Waals surface area (Å²) in [6.45, 7) is 1.90. The minimum absolute atomic E-state index is 0.0737. The molecule has 1 aliphatic rings. The number of likely N-dealkylation sites (N-methyl/N-ethyl adjacent to an activating group) is 1. The average molecular weight is 246 g/mol. The molecule has 2 rings (SSSR count). The standard InChI is InChI=1S/C13H14N2O3/c1-8-11(7-14)18-12-9(13(16)17-3)5-4-6-10(12)15(8)2/h4-6,8,11H,1-3H3. The van der Waals surface area contributed by atoms with Crippen molar-refractivity contribution in [2.75, 3.05) is 19.1 Å². The first-order valence-electron chi connectivity index (χ1n) is 5.60. The molecule has 0 saturated carbocycles. The van der Waals surface area contributed by atoms with E-state index in [0.717, 1.165) is 5.69 Å². The van der Waals surface area contributed by atoms with Crippen LogP contribution in [0.25, 0.3) is 0 Å². The molecule has 1 aromatic carbocycles. The summed E-state index contributed by atoms with van der Waals surface area (Å²) in [5.41, 5.74) is 1.13. The maximum absolute atomic E-state index is 11.7. The van der Waals surface area contributed by atoms with Crippen LogP contribution >= 0.6 is 0 Å². The third-order valence-corrected chi connectivity index (χ3v) is 3.20. The van der Waals surface area contributed by atoms with E-state index in [1.807, 2.05) is 24.9 Å². The predicted octanol–water partition coefficient (Wildman–Crippen LogP) is 1.58. The fraction of sp³-hybridized carbons (Fsp3) is 0.385. The van der Waals surface area contributed by atoms with Gasteiger partial charge in [0, 0.05) is 7.05 Å². The van der Waals surface area contributed by atoms with Crippen molar-refractivity contribution in [3.05, 3.63) is 23.8 Å². The van der Waals surface area contributed by atoms with Gasteiger partial charge in [-0.3, -0.25) is 0 Å². The number of nitrogens with zero attached hydrogens (tertiary/aromatic N) is 2. The lowest BCUT2D eigenvalue weighted by Crippen LogP contribution is -2.45. The molecule has 1 aromatic rings. The van der Waals surface area contributed by atoms with E-state index in [4.69, 9.17) is 14.7 Å². The molecule has 0 amide bonds. The van der Waals surface area contributed by atoms with Crippen molar-refractivity contribution in [2.24, 2.45) is 0 Å². The molecule has 5 heteroatoms. The van der Waals surface area contributed by atoms with Crippen molar-refractivity contribution in [2.45, 2.75) is 19.1 Å². The lowest BCUT2D eigenvalue weighted by Gasteiger charge is -2.37. The van der Waals surface area contributed by atoms with Crippen molar-refractivity contribution >= 4 is 11.7 Å². The maximum Gasteiger partial charge on any atom is 0.341 e. The quantitative estimate of drug-likeness (QED) is 0.704. The van der Waals surface area contributed by atoms with Crippen LogP contribution in [-0.2, 0) is 4.74 Å². The molecule has 0 fully saturated rings. The van der Waals surface area contributed by atoms with Crippen LogP contribution in [0.1, 0.15) is 17.3 Å². The van der Waals surface area contributed by atoms with E-state index in [9.17, 15) is 4.79 Å². The van der Waals surface area contributed by atoms with Gasteiger partial charge in [-0.15, -0.1) is 0 Å². The smallest absolute Gasteiger partial charge is 0.341 e. The molecular weight excluding hydrogens is 232 g/mol. The minimum atomic E-state index is -0.603. The molecule has 0 bridgehead atoms. The molecule has 2 atom stereocenters. The Bertz CT molecular complexity index is 521. The molecule has 18 heavy (non-hydrogen) atoms. The molecule has 5 nitrogen and oxygen atoms in total. The number of nitriles is 1. The minimum Gasteiger partial charge on any atom is -0.470 e. The molecule has 0 saturated heterocycles. The molecule has 1 aliphatic heterocycles. The van der Waals surface area contributed by atoms with E-state index in [2.05, 4.69) is 6.07 Å². The highest BCUT2D eigenvalue weighted by Crippen LogP contribution is 2.38. The average Bonchev–Trinajstić information content (AvgIpc) is 2.41. The maximum atomic E-state index is 11.7. The van der Waals surface area contributed by atoms with Gasteiger partial charge in [-0.2, -0.15) is 5.26 Å². The van der Waals surface area contributed by atoms with Crippen LogP contribution < -0.4 is 9.64 Å². The highest BCUT2D eigenvalue weighted by molar-refractivity contribution is 5.95. The lowest BCUT2D eigenvalue weighted by molar-refractivity contribution is 0.0593. The summed E-state index contributed by atoms with van der Waals surface area (Å²) in [5, 5.41) is 9.07. The van der Waals surface area contributed by atoms with Gasteiger partial charge in [0.15, 0.2) is 5.75 Å². The van der Waals surface area contributed by atoms with Gasteiger partial charge in [-0.05, 0) is 19.1 Å². The van der Waals surface area contributed by atoms with Crippen molar-refractivity contribution in [1.82, 2.24) is 0 Å². The van der Waals surface area contributed by atoms with Gasteiger partial charge in [0.25, 0.3) is 0 Å². The molecule has 94 valence electrons. The van der Waals surface area contributed by atoms with E-state index in [0.29, 0.717) is 11.3 Å². The number of methoxy groups -OCH3 is 1. The second kappa shape index (κ2) is 4.57. The first kappa shape index (κ1) is 12.2. The fourth-order valence-electron chi connectivity index (χ4n) is 1.98. The van der Waals surface area contributed by atoms with E-state index in [-0.39, 0.29) is 6.04 Å². The number of anilines is 1. The van der Waals surface area contributed by atoms with Gasteiger partial charge in [0.2, 0.25) is 6.10 Å². The number of hydrogen-bond donors (Lipinski definition) is 0. The van der Waals surface area contributed by atoms with Gasteiger partial charge >= 0.3 is 5.97 Å². The molecule has 2 unspecified atom stereocenters. The summed E-state index contributed by atoms with van der Waals surface area (Å²) in [4.78, 5) is 13.6. The second-order valence-corrected chi connectivity index (χ2v) is 4.16. The van der Waals surface area contributed by atoms with Crippen LogP contribution in [0.4, 0.5) is 5.69 Å². The summed E-state index contributed by atoms with van der Waals surface area (Å²) in [5.74, 6) is -0.0528. The summed E-state index contributed by atoms with van der Waals surface area (Å²) in [6, 6.07) is 7.27. The lowest BCUT2D eigenvalue weighted by atomic mass is 10.1. The number of hydrogen-bond acceptors (Lipinski definition) is 5. The Hall–Kier alpha value is -2.22. The van der Waals surface area contributed by atoms with Crippen molar-refractivity contribution in [3.8, 4) is 11.8 Å². The van der Waals surface area contributed by atoms with Crippen LogP contribution in [0.2, 0.25) is 0 Å². The van der Waals surface area contributed by atoms with Crippen LogP contribution in [0, 0.1) is 11.3 Å². The van der Waals surface area contributed by atoms with E-state index < -0.39 is 12.1 Å². The zero-order valence-electron chi connectivity index (χ0n) is 10.5. The first-order valence-corrected chi connectivity index (χ1v) is 5.60. The summed E-state index contributed by atoms with van der Waals surface area (Å²) in [6.07, 6.45) is -0.603. The molecule has 0 radical (unpaired) electrons. The summed E-state index contributed by atoms with van der Waals surface area (Å²) < 4.78 is 10.3. The molecule has 0 aromatic heterocycles. The van der Waals surface area contributed by atoms with Gasteiger partial charge in [0.1, 0.15) is 11.6 Å². The van der Waals surface area contributed by atoms with Crippen LogP contribution in [0.3, 0.4) is 0 Å². The third kappa shape index (κ3) is 1.76. The summed E-state index contributed by atoms with van der Waals surface area (Å²) >= 11 is 0. The van der Waals surface area contributed by atoms with E-state index in [1.54, 1.807) is 12.1 Å². The van der Waals surface area contributed by atoms with Crippen molar-refractivity contribution < 1.29 is 14.3 Å². The largest absolute Gasteiger partial charge is 0.470 e. The Kier molecular flexibility index (Phi) is 3.11. The zero-order valence-corrected chi connectivity index (χ0v) is 10.5. The first-order chi connectivity index (χ1) is 8.60. The Morgan fingerprint density at radius 2 is 2.28 bits per heavy atom. The number of carbonyl (C=O) groups excluding carboxylic acids is 1. The number of para-hydroxylation sites is 1. The monoisotopic (exact) mass is 246 g/mol. The molecule has 0 aliphatic carbocycles. The molecule has 0 N–H and O–H groups in total. The Morgan fingerprint density at radius 1 is 1.56 bits per heavy atom. The van der Waals surface area contributed by atoms with Crippen LogP contribution in [0.15, 0.2) is 18.2 Å². The van der Waals surface area contributed by atoms with Gasteiger partial charge in [-0.1, -0.05) is 6.07 Å². The predicted molar refractivity (Wildman–Crippen MR) is 65.7 cm³/mol. The van der Waals surface area contributed by atoms with Gasteiger partial charge < -0.3 is 14.4 Å². The molecule has 0 spiro atoms. The Morgan fingerprint density at radius 3 is 2.89 bits per heavy atom. The van der Waals surface area contributed by atoms with Crippen molar-refractivity contribution in [3.63, 3.8) is 0 Å². The summed E-state index contributed by atoms with van der Waals surface area (Å²) in [7, 11) is 3.19. The highest BCUT2D eigenvalue weighted by Gasteiger charge is 2.33.